The van der Waals surface area contributed by atoms with Crippen LogP contribution in [0.5, 0.6) is 11.5 Å². The van der Waals surface area contributed by atoms with Crippen LogP contribution in [0.4, 0.5) is 24.8 Å². The zero-order valence-corrected chi connectivity index (χ0v) is 15.2. The van der Waals surface area contributed by atoms with Gasteiger partial charge in [0, 0.05) is 28.0 Å². The van der Waals surface area contributed by atoms with Gasteiger partial charge in [-0.15, -0.1) is 18.3 Å². The van der Waals surface area contributed by atoms with Gasteiger partial charge in [-0.05, 0) is 54.6 Å². The molecule has 0 bridgehead atoms. The first-order valence-corrected chi connectivity index (χ1v) is 8.63. The molecule has 0 spiro atoms. The van der Waals surface area contributed by atoms with Crippen molar-refractivity contribution in [3.05, 3.63) is 65.8 Å². The highest BCUT2D eigenvalue weighted by Crippen LogP contribution is 2.31. The lowest BCUT2D eigenvalue weighted by Gasteiger charge is -2.09. The maximum absolute atomic E-state index is 12.2. The van der Waals surface area contributed by atoms with Crippen molar-refractivity contribution in [2.45, 2.75) is 6.36 Å². The van der Waals surface area contributed by atoms with Crippen molar-refractivity contribution in [3.8, 4) is 22.6 Å². The number of nitrogens with zero attached hydrogens (tertiary/aromatic N) is 3. The summed E-state index contributed by atoms with van der Waals surface area (Å²) in [5, 5.41) is 17.4. The molecule has 0 radical (unpaired) electrons. The van der Waals surface area contributed by atoms with E-state index >= 15 is 0 Å². The number of halogens is 4. The summed E-state index contributed by atoms with van der Waals surface area (Å²) in [7, 11) is 0. The Kier molecular flexibility index (Phi) is 4.67. The predicted octanol–water partition coefficient (Wildman–Crippen LogP) is 5.40. The zero-order chi connectivity index (χ0) is 20.6. The number of aromatic hydroxyl groups is 1. The summed E-state index contributed by atoms with van der Waals surface area (Å²) in [5.74, 6) is 0.0238. The summed E-state index contributed by atoms with van der Waals surface area (Å²) >= 11 is 6.20. The van der Waals surface area contributed by atoms with E-state index in [1.807, 2.05) is 0 Å². The highest BCUT2D eigenvalue weighted by molar-refractivity contribution is 6.33. The van der Waals surface area contributed by atoms with Gasteiger partial charge in [-0.2, -0.15) is 4.98 Å². The van der Waals surface area contributed by atoms with Gasteiger partial charge in [-0.3, -0.25) is 0 Å². The average Bonchev–Trinajstić information content (AvgIpc) is 3.05. The van der Waals surface area contributed by atoms with Gasteiger partial charge in [0.15, 0.2) is 5.65 Å². The number of pyridine rings is 1. The van der Waals surface area contributed by atoms with E-state index in [1.54, 1.807) is 30.5 Å². The Balaban J connectivity index is 1.57. The van der Waals surface area contributed by atoms with Crippen molar-refractivity contribution < 1.29 is 23.0 Å². The molecule has 29 heavy (non-hydrogen) atoms. The van der Waals surface area contributed by atoms with Crippen LogP contribution >= 0.6 is 11.6 Å². The van der Waals surface area contributed by atoms with Crippen LogP contribution in [0.3, 0.4) is 0 Å². The van der Waals surface area contributed by atoms with Crippen molar-refractivity contribution >= 4 is 28.9 Å². The Morgan fingerprint density at radius 3 is 2.52 bits per heavy atom. The molecule has 6 nitrogen and oxygen atoms in total. The Labute approximate surface area is 167 Å². The molecular weight excluding hydrogens is 409 g/mol. The molecule has 2 aromatic carbocycles. The van der Waals surface area contributed by atoms with E-state index in [-0.39, 0.29) is 17.4 Å². The number of nitrogens with one attached hydrogen (secondary N) is 1. The third-order valence-electron chi connectivity index (χ3n) is 3.94. The van der Waals surface area contributed by atoms with Crippen molar-refractivity contribution in [2.75, 3.05) is 5.32 Å². The topological polar surface area (TPSA) is 71.7 Å². The number of benzene rings is 2. The van der Waals surface area contributed by atoms with Crippen LogP contribution < -0.4 is 10.1 Å². The van der Waals surface area contributed by atoms with E-state index in [9.17, 15) is 18.3 Å². The van der Waals surface area contributed by atoms with E-state index in [4.69, 9.17) is 11.6 Å². The number of ether oxygens (including phenoxy) is 1. The number of anilines is 2. The van der Waals surface area contributed by atoms with Crippen LogP contribution in [0, 0.1) is 0 Å². The number of aromatic nitrogens is 3. The molecule has 0 unspecified atom stereocenters. The van der Waals surface area contributed by atoms with Crippen LogP contribution in [0.25, 0.3) is 16.8 Å². The van der Waals surface area contributed by atoms with E-state index in [0.717, 1.165) is 5.56 Å². The molecule has 0 fully saturated rings. The minimum atomic E-state index is -4.74. The molecule has 0 amide bonds. The fourth-order valence-electron chi connectivity index (χ4n) is 2.70. The molecule has 0 saturated carbocycles. The largest absolute Gasteiger partial charge is 0.573 e. The van der Waals surface area contributed by atoms with Gasteiger partial charge < -0.3 is 15.2 Å². The molecule has 0 aliphatic heterocycles. The lowest BCUT2D eigenvalue weighted by Crippen LogP contribution is -2.16. The second-order valence-electron chi connectivity index (χ2n) is 6.02. The number of hydrogen-bond acceptors (Lipinski definition) is 5. The summed E-state index contributed by atoms with van der Waals surface area (Å²) in [5.41, 5.74) is 2.40. The van der Waals surface area contributed by atoms with E-state index in [1.165, 1.54) is 34.8 Å². The SMILES string of the molecule is Oc1ccc(Cl)c(-c2ccc3nc(Nc4ccc(OC(F)(F)F)cc4)nn3c2)c1. The summed E-state index contributed by atoms with van der Waals surface area (Å²) in [6.45, 7) is 0. The lowest BCUT2D eigenvalue weighted by atomic mass is 10.1. The fraction of sp³-hybridized carbons (Fsp3) is 0.0526. The highest BCUT2D eigenvalue weighted by Gasteiger charge is 2.30. The number of fused-ring (bicyclic) bond motifs is 1. The predicted molar refractivity (Wildman–Crippen MR) is 102 cm³/mol. The van der Waals surface area contributed by atoms with Crippen LogP contribution in [-0.4, -0.2) is 26.1 Å². The smallest absolute Gasteiger partial charge is 0.508 e. The van der Waals surface area contributed by atoms with Gasteiger partial charge >= 0.3 is 6.36 Å². The minimum Gasteiger partial charge on any atom is -0.508 e. The number of rotatable bonds is 4. The molecule has 4 aromatic rings. The van der Waals surface area contributed by atoms with Crippen LogP contribution in [0.1, 0.15) is 0 Å². The summed E-state index contributed by atoms with van der Waals surface area (Å²) in [4.78, 5) is 4.31. The fourth-order valence-corrected chi connectivity index (χ4v) is 2.93. The first-order valence-electron chi connectivity index (χ1n) is 8.25. The first kappa shape index (κ1) is 18.9. The van der Waals surface area contributed by atoms with E-state index in [2.05, 4.69) is 20.1 Å². The molecular formula is C19H12ClF3N4O2. The molecule has 2 aromatic heterocycles. The molecule has 148 valence electrons. The monoisotopic (exact) mass is 420 g/mol. The van der Waals surface area contributed by atoms with Gasteiger partial charge in [0.1, 0.15) is 11.5 Å². The van der Waals surface area contributed by atoms with Gasteiger partial charge in [-0.1, -0.05) is 11.6 Å². The third kappa shape index (κ3) is 4.35. The standard InChI is InChI=1S/C19H12ClF3N4O2/c20-16-7-4-13(28)9-15(16)11-1-8-17-25-18(26-27(17)10-11)24-12-2-5-14(6-3-12)29-19(21,22)23/h1-10,28H,(H,24,26). The van der Waals surface area contributed by atoms with E-state index < -0.39 is 6.36 Å². The summed E-state index contributed by atoms with van der Waals surface area (Å²) in [6.07, 6.45) is -3.04. The molecule has 2 heterocycles. The number of phenolic OH excluding ortho intramolecular Hbond substituents is 1. The first-order chi connectivity index (χ1) is 13.8. The molecule has 10 heteroatoms. The normalized spacial score (nSPS) is 11.6. The van der Waals surface area contributed by atoms with Crippen molar-refractivity contribution in [1.82, 2.24) is 14.6 Å². The van der Waals surface area contributed by atoms with E-state index in [0.29, 0.717) is 21.9 Å². The minimum absolute atomic E-state index is 0.0865. The number of hydrogen-bond donors (Lipinski definition) is 2. The maximum atomic E-state index is 12.2. The molecule has 2 N–H and O–H groups in total. The molecule has 4 rings (SSSR count). The maximum Gasteiger partial charge on any atom is 0.573 e. The summed E-state index contributed by atoms with van der Waals surface area (Å²) in [6, 6.07) is 13.4. The van der Waals surface area contributed by atoms with Crippen molar-refractivity contribution in [2.24, 2.45) is 0 Å². The third-order valence-corrected chi connectivity index (χ3v) is 4.27. The lowest BCUT2D eigenvalue weighted by molar-refractivity contribution is -0.274. The Morgan fingerprint density at radius 1 is 1.03 bits per heavy atom. The van der Waals surface area contributed by atoms with Crippen LogP contribution in [0.2, 0.25) is 5.02 Å². The van der Waals surface area contributed by atoms with Crippen LogP contribution in [-0.2, 0) is 0 Å². The van der Waals surface area contributed by atoms with Gasteiger partial charge in [0.2, 0.25) is 5.95 Å². The highest BCUT2D eigenvalue weighted by atomic mass is 35.5. The summed E-state index contributed by atoms with van der Waals surface area (Å²) < 4.78 is 42.0. The molecule has 0 saturated heterocycles. The zero-order valence-electron chi connectivity index (χ0n) is 14.5. The Morgan fingerprint density at radius 2 is 1.79 bits per heavy atom. The number of alkyl halides is 3. The average molecular weight is 421 g/mol. The second kappa shape index (κ2) is 7.17. The van der Waals surface area contributed by atoms with Crippen molar-refractivity contribution in [3.63, 3.8) is 0 Å². The molecule has 0 atom stereocenters. The van der Waals surface area contributed by atoms with Crippen molar-refractivity contribution in [1.29, 1.82) is 0 Å². The molecule has 0 aliphatic rings. The van der Waals surface area contributed by atoms with Gasteiger partial charge in [0.05, 0.1) is 0 Å². The van der Waals surface area contributed by atoms with Gasteiger partial charge in [0.25, 0.3) is 0 Å². The quantitative estimate of drug-likeness (QED) is 0.462. The van der Waals surface area contributed by atoms with Gasteiger partial charge in [-0.25, -0.2) is 4.52 Å². The Hall–Kier alpha value is -3.46. The number of phenols is 1. The van der Waals surface area contributed by atoms with Crippen LogP contribution in [0.15, 0.2) is 60.8 Å². The molecule has 0 aliphatic carbocycles. The Bertz CT molecular complexity index is 1180. The second-order valence-corrected chi connectivity index (χ2v) is 6.42.